The number of amides is 2. The Kier molecular flexibility index (Phi) is 6.18. The zero-order valence-electron chi connectivity index (χ0n) is 12.3. The molecule has 1 unspecified atom stereocenters. The minimum absolute atomic E-state index is 0.0560. The van der Waals surface area contributed by atoms with Crippen molar-refractivity contribution in [2.75, 3.05) is 17.2 Å². The highest BCUT2D eigenvalue weighted by Gasteiger charge is 2.15. The summed E-state index contributed by atoms with van der Waals surface area (Å²) in [6.07, 6.45) is 1.12. The third-order valence-corrected chi connectivity index (χ3v) is 3.25. The number of hydrogen-bond acceptors (Lipinski definition) is 3. The van der Waals surface area contributed by atoms with Gasteiger partial charge in [0, 0.05) is 24.3 Å². The number of aryl methyl sites for hydroxylation is 1. The number of anilines is 2. The standard InChI is InChI=1S/C15H23N3O2/c1-4-11(9-16)15(20)18-13-8-12(7-6-10(13)3)17-14(19)5-2/h6-8,11H,4-5,9,16H2,1-3H3,(H,17,19)(H,18,20). The van der Waals surface area contributed by atoms with Gasteiger partial charge in [-0.25, -0.2) is 0 Å². The normalized spacial score (nSPS) is 11.8. The predicted molar refractivity (Wildman–Crippen MR) is 81.6 cm³/mol. The van der Waals surface area contributed by atoms with Gasteiger partial charge in [0.05, 0.1) is 5.92 Å². The second-order valence-corrected chi connectivity index (χ2v) is 4.76. The first kappa shape index (κ1) is 16.2. The fourth-order valence-electron chi connectivity index (χ4n) is 1.78. The summed E-state index contributed by atoms with van der Waals surface area (Å²) in [7, 11) is 0. The quantitative estimate of drug-likeness (QED) is 0.745. The minimum atomic E-state index is -0.191. The van der Waals surface area contributed by atoms with Crippen LogP contribution in [0.5, 0.6) is 0 Å². The second-order valence-electron chi connectivity index (χ2n) is 4.76. The van der Waals surface area contributed by atoms with Gasteiger partial charge in [-0.05, 0) is 31.0 Å². The van der Waals surface area contributed by atoms with Crippen molar-refractivity contribution in [3.63, 3.8) is 0 Å². The Balaban J connectivity index is 2.86. The van der Waals surface area contributed by atoms with Crippen molar-refractivity contribution < 1.29 is 9.59 Å². The lowest BCUT2D eigenvalue weighted by atomic mass is 10.1. The van der Waals surface area contributed by atoms with E-state index in [1.165, 1.54) is 0 Å². The Morgan fingerprint density at radius 1 is 1.25 bits per heavy atom. The van der Waals surface area contributed by atoms with Crippen molar-refractivity contribution in [1.82, 2.24) is 0 Å². The molecule has 1 rings (SSSR count). The Labute approximate surface area is 119 Å². The van der Waals surface area contributed by atoms with Gasteiger partial charge in [-0.3, -0.25) is 9.59 Å². The van der Waals surface area contributed by atoms with Crippen LogP contribution in [0.1, 0.15) is 32.3 Å². The molecule has 4 N–H and O–H groups in total. The number of rotatable bonds is 6. The molecule has 0 bridgehead atoms. The van der Waals surface area contributed by atoms with E-state index in [1.807, 2.05) is 26.0 Å². The van der Waals surface area contributed by atoms with Crippen LogP contribution in [0.2, 0.25) is 0 Å². The number of benzene rings is 1. The number of hydrogen-bond donors (Lipinski definition) is 3. The van der Waals surface area contributed by atoms with Crippen LogP contribution in [0, 0.1) is 12.8 Å². The van der Waals surface area contributed by atoms with Gasteiger partial charge in [-0.1, -0.05) is 19.9 Å². The average molecular weight is 277 g/mol. The molecule has 5 nitrogen and oxygen atoms in total. The monoisotopic (exact) mass is 277 g/mol. The fourth-order valence-corrected chi connectivity index (χ4v) is 1.78. The SMILES string of the molecule is CCC(=O)Nc1ccc(C)c(NC(=O)C(CC)CN)c1. The zero-order valence-corrected chi connectivity index (χ0v) is 12.3. The van der Waals surface area contributed by atoms with E-state index in [2.05, 4.69) is 10.6 Å². The maximum atomic E-state index is 12.0. The molecule has 0 aliphatic heterocycles. The highest BCUT2D eigenvalue weighted by molar-refractivity contribution is 5.95. The molecule has 110 valence electrons. The van der Waals surface area contributed by atoms with Crippen LogP contribution in [0.15, 0.2) is 18.2 Å². The van der Waals surface area contributed by atoms with Crippen LogP contribution in [0.25, 0.3) is 0 Å². The van der Waals surface area contributed by atoms with E-state index in [-0.39, 0.29) is 17.7 Å². The molecule has 0 heterocycles. The lowest BCUT2D eigenvalue weighted by molar-refractivity contribution is -0.119. The van der Waals surface area contributed by atoms with Crippen molar-refractivity contribution in [3.05, 3.63) is 23.8 Å². The van der Waals surface area contributed by atoms with Crippen molar-refractivity contribution >= 4 is 23.2 Å². The molecule has 1 atom stereocenters. The molecule has 0 aliphatic carbocycles. The van der Waals surface area contributed by atoms with Crippen molar-refractivity contribution in [2.24, 2.45) is 11.7 Å². The highest BCUT2D eigenvalue weighted by atomic mass is 16.2. The molecule has 1 aromatic rings. The number of nitrogens with one attached hydrogen (secondary N) is 2. The summed E-state index contributed by atoms with van der Waals surface area (Å²) in [5.41, 5.74) is 7.90. The van der Waals surface area contributed by atoms with Gasteiger partial charge >= 0.3 is 0 Å². The molecule has 20 heavy (non-hydrogen) atoms. The Bertz CT molecular complexity index is 482. The van der Waals surface area contributed by atoms with E-state index in [0.29, 0.717) is 30.8 Å². The molecule has 0 fully saturated rings. The summed E-state index contributed by atoms with van der Waals surface area (Å²) in [5.74, 6) is -0.333. The lowest BCUT2D eigenvalue weighted by Gasteiger charge is -2.15. The molecule has 0 aliphatic rings. The van der Waals surface area contributed by atoms with E-state index >= 15 is 0 Å². The second kappa shape index (κ2) is 7.65. The number of carbonyl (C=O) groups is 2. The van der Waals surface area contributed by atoms with E-state index in [9.17, 15) is 9.59 Å². The average Bonchev–Trinajstić information content (AvgIpc) is 2.43. The Morgan fingerprint density at radius 3 is 2.50 bits per heavy atom. The summed E-state index contributed by atoms with van der Waals surface area (Å²) in [5, 5.41) is 5.65. The molecule has 0 radical (unpaired) electrons. The number of nitrogens with two attached hydrogens (primary N) is 1. The molecule has 0 spiro atoms. The first-order chi connectivity index (χ1) is 9.51. The third kappa shape index (κ3) is 4.35. The van der Waals surface area contributed by atoms with Crippen molar-refractivity contribution in [3.8, 4) is 0 Å². The molecule has 5 heteroatoms. The van der Waals surface area contributed by atoms with Gasteiger partial charge in [-0.15, -0.1) is 0 Å². The summed E-state index contributed by atoms with van der Waals surface area (Å²) in [6.45, 7) is 5.96. The fraction of sp³-hybridized carbons (Fsp3) is 0.467. The smallest absolute Gasteiger partial charge is 0.228 e. The lowest BCUT2D eigenvalue weighted by Crippen LogP contribution is -2.28. The van der Waals surface area contributed by atoms with Crippen LogP contribution in [0.3, 0.4) is 0 Å². The molecular weight excluding hydrogens is 254 g/mol. The van der Waals surface area contributed by atoms with Crippen LogP contribution >= 0.6 is 0 Å². The predicted octanol–water partition coefficient (Wildman–Crippen LogP) is 2.27. The van der Waals surface area contributed by atoms with Crippen LogP contribution in [-0.4, -0.2) is 18.4 Å². The maximum Gasteiger partial charge on any atom is 0.228 e. The van der Waals surface area contributed by atoms with Crippen LogP contribution < -0.4 is 16.4 Å². The van der Waals surface area contributed by atoms with Gasteiger partial charge in [0.1, 0.15) is 0 Å². The molecule has 2 amide bonds. The van der Waals surface area contributed by atoms with Gasteiger partial charge in [-0.2, -0.15) is 0 Å². The molecule has 0 aromatic heterocycles. The highest BCUT2D eigenvalue weighted by Crippen LogP contribution is 2.21. The first-order valence-electron chi connectivity index (χ1n) is 6.93. The summed E-state index contributed by atoms with van der Waals surface area (Å²) in [6, 6.07) is 5.45. The molecule has 0 saturated heterocycles. The van der Waals surface area contributed by atoms with Crippen LogP contribution in [-0.2, 0) is 9.59 Å². The van der Waals surface area contributed by atoms with Gasteiger partial charge in [0.25, 0.3) is 0 Å². The van der Waals surface area contributed by atoms with E-state index in [0.717, 1.165) is 5.56 Å². The Hall–Kier alpha value is -1.88. The Morgan fingerprint density at radius 2 is 1.95 bits per heavy atom. The van der Waals surface area contributed by atoms with Crippen molar-refractivity contribution in [1.29, 1.82) is 0 Å². The van der Waals surface area contributed by atoms with Crippen LogP contribution in [0.4, 0.5) is 11.4 Å². The topological polar surface area (TPSA) is 84.2 Å². The maximum absolute atomic E-state index is 12.0. The third-order valence-electron chi connectivity index (χ3n) is 3.25. The largest absolute Gasteiger partial charge is 0.330 e. The van der Waals surface area contributed by atoms with E-state index < -0.39 is 0 Å². The first-order valence-corrected chi connectivity index (χ1v) is 6.93. The molecule has 0 saturated carbocycles. The molecule has 1 aromatic carbocycles. The zero-order chi connectivity index (χ0) is 15.1. The van der Waals surface area contributed by atoms with Gasteiger partial charge < -0.3 is 16.4 Å². The molecular formula is C15H23N3O2. The van der Waals surface area contributed by atoms with E-state index in [4.69, 9.17) is 5.73 Å². The van der Waals surface area contributed by atoms with Gasteiger partial charge in [0.15, 0.2) is 0 Å². The number of carbonyl (C=O) groups excluding carboxylic acids is 2. The van der Waals surface area contributed by atoms with Gasteiger partial charge in [0.2, 0.25) is 11.8 Å². The van der Waals surface area contributed by atoms with Crippen molar-refractivity contribution in [2.45, 2.75) is 33.6 Å². The summed E-state index contributed by atoms with van der Waals surface area (Å²) >= 11 is 0. The van der Waals surface area contributed by atoms with E-state index in [1.54, 1.807) is 13.0 Å². The summed E-state index contributed by atoms with van der Waals surface area (Å²) in [4.78, 5) is 23.4. The summed E-state index contributed by atoms with van der Waals surface area (Å²) < 4.78 is 0. The minimum Gasteiger partial charge on any atom is -0.330 e.